The molecule has 1 aliphatic heterocycles. The molecular weight excluding hydrogens is 943 g/mol. The summed E-state index contributed by atoms with van der Waals surface area (Å²) in [5.74, 6) is -1.41. The topological polar surface area (TPSA) is 213 Å². The molecule has 4 aromatic rings. The predicted octanol–water partition coefficient (Wildman–Crippen LogP) is 7.03. The van der Waals surface area contributed by atoms with E-state index in [1.54, 1.807) is 15.9 Å². The summed E-state index contributed by atoms with van der Waals surface area (Å²) < 4.78 is 9.02. The third kappa shape index (κ3) is 15.6. The van der Waals surface area contributed by atoms with Crippen LogP contribution in [-0.2, 0) is 32.3 Å². The number of primary amides is 1. The van der Waals surface area contributed by atoms with Gasteiger partial charge >= 0.3 is 0 Å². The zero-order chi connectivity index (χ0) is 53.7. The smallest absolute Gasteiger partial charge is 0.252 e. The van der Waals surface area contributed by atoms with Gasteiger partial charge < -0.3 is 47.0 Å². The fraction of sp³-hybridized carbons (Fsp3) is 0.400. The normalized spacial score (nSPS) is 12.0. The lowest BCUT2D eigenvalue weighted by atomic mass is 9.90. The number of amides is 5. The van der Waals surface area contributed by atoms with Crippen LogP contribution in [0, 0.1) is 0 Å². The quantitative estimate of drug-likeness (QED) is 0.0185. The molecule has 5 amide bonds. The van der Waals surface area contributed by atoms with Crippen molar-refractivity contribution in [3.05, 3.63) is 143 Å². The first kappa shape index (κ1) is 56.9. The van der Waals surface area contributed by atoms with Crippen LogP contribution in [0.5, 0.6) is 0 Å². The molecule has 0 spiro atoms. The van der Waals surface area contributed by atoms with Crippen molar-refractivity contribution in [3.63, 3.8) is 0 Å². The molecule has 8 N–H and O–H groups in total. The van der Waals surface area contributed by atoms with E-state index in [0.717, 1.165) is 64.9 Å². The zero-order valence-corrected chi connectivity index (χ0v) is 44.4. The van der Waals surface area contributed by atoms with Gasteiger partial charge in [0.25, 0.3) is 5.91 Å². The van der Waals surface area contributed by atoms with Crippen LogP contribution >= 0.6 is 0 Å². The van der Waals surface area contributed by atoms with Gasteiger partial charge in [-0.25, -0.2) is 4.58 Å². The molecule has 4 aromatic carbocycles. The van der Waals surface area contributed by atoms with Crippen molar-refractivity contribution in [1.82, 2.24) is 25.0 Å². The van der Waals surface area contributed by atoms with E-state index in [2.05, 4.69) is 84.2 Å². The fourth-order valence-corrected chi connectivity index (χ4v) is 9.69. The Balaban J connectivity index is 1.32. The molecule has 75 heavy (non-hydrogen) atoms. The lowest BCUT2D eigenvalue weighted by Gasteiger charge is -2.30. The van der Waals surface area contributed by atoms with Crippen molar-refractivity contribution in [3.8, 4) is 22.5 Å². The third-order valence-electron chi connectivity index (χ3n) is 13.8. The Morgan fingerprint density at radius 3 is 1.73 bits per heavy atom. The minimum Gasteiger partial charge on any atom is -0.456 e. The molecule has 6 rings (SSSR count). The van der Waals surface area contributed by atoms with Gasteiger partial charge in [-0.2, -0.15) is 0 Å². The lowest BCUT2D eigenvalue weighted by molar-refractivity contribution is -0.138. The van der Waals surface area contributed by atoms with Gasteiger partial charge in [-0.3, -0.25) is 24.0 Å². The number of benzene rings is 5. The average Bonchev–Trinajstić information content (AvgIpc) is 3.42. The molecule has 0 radical (unpaired) electrons. The second-order valence-electron chi connectivity index (χ2n) is 18.9. The highest BCUT2D eigenvalue weighted by atomic mass is 16.3. The third-order valence-corrected chi connectivity index (χ3v) is 13.8. The number of unbranched alkanes of at least 4 members (excludes halogenated alkanes) is 2. The summed E-state index contributed by atoms with van der Waals surface area (Å²) in [6.45, 7) is 13.1. The van der Waals surface area contributed by atoms with Gasteiger partial charge in [0, 0.05) is 92.0 Å². The molecule has 0 unspecified atom stereocenters. The highest BCUT2D eigenvalue weighted by Gasteiger charge is 2.31. The van der Waals surface area contributed by atoms with E-state index in [0.29, 0.717) is 74.1 Å². The number of carbonyl (C=O) groups excluding carboxylic acids is 5. The number of nitrogens with two attached hydrogens (primary N) is 3. The van der Waals surface area contributed by atoms with E-state index in [1.807, 2.05) is 78.9 Å². The number of nitrogens with zero attached hydrogens (tertiary/aromatic N) is 4. The second-order valence-corrected chi connectivity index (χ2v) is 18.9. The molecule has 0 bridgehead atoms. The van der Waals surface area contributed by atoms with Gasteiger partial charge in [-0.05, 0) is 120 Å². The number of hydrogen-bond acceptors (Lipinski definition) is 9. The molecule has 1 aliphatic carbocycles. The predicted molar refractivity (Wildman–Crippen MR) is 299 cm³/mol. The molecular formula is C60H78N9O6+. The summed E-state index contributed by atoms with van der Waals surface area (Å²) in [7, 11) is 0. The van der Waals surface area contributed by atoms with Crippen molar-refractivity contribution in [2.45, 2.75) is 104 Å². The number of rotatable bonds is 29. The first-order valence-electron chi connectivity index (χ1n) is 26.8. The Labute approximate surface area is 442 Å². The minimum atomic E-state index is -0.973. The van der Waals surface area contributed by atoms with Crippen LogP contribution in [0.25, 0.3) is 33.4 Å². The molecule has 2 aliphatic rings. The maximum Gasteiger partial charge on any atom is 0.252 e. The average molecular weight is 1020 g/mol. The number of fused-ring (bicyclic) bond motifs is 2. The van der Waals surface area contributed by atoms with Crippen molar-refractivity contribution in [2.75, 3.05) is 57.3 Å². The molecule has 15 nitrogen and oxygen atoms in total. The van der Waals surface area contributed by atoms with E-state index in [9.17, 15) is 14.4 Å². The molecule has 1 heterocycles. The van der Waals surface area contributed by atoms with Gasteiger partial charge in [0.05, 0.1) is 6.07 Å². The molecule has 0 saturated carbocycles. The molecule has 2 atom stereocenters. The Kier molecular flexibility index (Phi) is 22.0. The van der Waals surface area contributed by atoms with Crippen LogP contribution in [0.3, 0.4) is 0 Å². The Morgan fingerprint density at radius 1 is 0.613 bits per heavy atom. The van der Waals surface area contributed by atoms with Crippen molar-refractivity contribution >= 4 is 46.2 Å². The number of anilines is 1. The number of hydrogen-bond donors (Lipinski definition) is 5. The SMILES string of the molecule is CCN(CC)c1ccc2c(-c3ccccc3C(=O)N[C@@H](CCCCN)C(=O)N(CCC(=O)N[C@@H](CCCCN)C(=O)N(CCC(N)=O)Cc3ccccc3)Cc3ccccc3)c3ccc(=[N+](CC)CC)cc-3oc2c1. The Bertz CT molecular complexity index is 2860. The fourth-order valence-electron chi connectivity index (χ4n) is 9.69. The van der Waals surface area contributed by atoms with Crippen molar-refractivity contribution in [1.29, 1.82) is 0 Å². The van der Waals surface area contributed by atoms with E-state index in [4.69, 9.17) is 21.6 Å². The summed E-state index contributed by atoms with van der Waals surface area (Å²) in [6.07, 6.45) is 2.88. The highest BCUT2D eigenvalue weighted by molar-refractivity contribution is 6.10. The van der Waals surface area contributed by atoms with E-state index < -0.39 is 29.8 Å². The molecule has 398 valence electrons. The van der Waals surface area contributed by atoms with Crippen LogP contribution in [0.1, 0.15) is 101 Å². The van der Waals surface area contributed by atoms with E-state index in [-0.39, 0.29) is 50.8 Å². The van der Waals surface area contributed by atoms with E-state index >= 15 is 9.59 Å². The molecule has 0 saturated heterocycles. The summed E-state index contributed by atoms with van der Waals surface area (Å²) in [5.41, 5.74) is 23.5. The summed E-state index contributed by atoms with van der Waals surface area (Å²) in [5, 5.41) is 8.00. The highest BCUT2D eigenvalue weighted by Crippen LogP contribution is 2.42. The molecule has 15 heteroatoms. The van der Waals surface area contributed by atoms with Gasteiger partial charge in [0.15, 0.2) is 0 Å². The van der Waals surface area contributed by atoms with E-state index in [1.165, 1.54) is 0 Å². The van der Waals surface area contributed by atoms with Gasteiger partial charge in [0.2, 0.25) is 29.0 Å². The number of nitrogens with one attached hydrogen (secondary N) is 2. The van der Waals surface area contributed by atoms with Crippen LogP contribution in [0.15, 0.2) is 126 Å². The summed E-state index contributed by atoms with van der Waals surface area (Å²) in [6, 6.07) is 36.9. The van der Waals surface area contributed by atoms with Crippen LogP contribution in [-0.4, -0.2) is 104 Å². The van der Waals surface area contributed by atoms with Crippen molar-refractivity contribution in [2.24, 2.45) is 17.2 Å². The summed E-state index contributed by atoms with van der Waals surface area (Å²) in [4.78, 5) is 75.8. The monoisotopic (exact) mass is 1020 g/mol. The minimum absolute atomic E-state index is 0.00498. The lowest BCUT2D eigenvalue weighted by Crippen LogP contribution is -2.51. The number of carbonyl (C=O) groups is 5. The van der Waals surface area contributed by atoms with Crippen molar-refractivity contribution < 1.29 is 28.4 Å². The molecule has 0 fully saturated rings. The Morgan fingerprint density at radius 2 is 1.17 bits per heavy atom. The first-order chi connectivity index (χ1) is 36.4. The Hall–Kier alpha value is -7.36. The standard InChI is InChI=1S/C60H77N9O6/c1-5-66(6-2)45-29-31-49-53(39-45)75-54-40-46(67(7-3)8-4)30-32-50(54)57(49)47-25-15-16-26-48(47)58(72)65-52(28-18-20-36-62)60(74)69(42-44-23-13-10-14-24-44)38-34-56(71)64-51(27-17-19-35-61)59(73)68(37-33-55(63)70)41-43-21-11-9-12-22-43/h9-16,21-26,29-32,39-40,51-52H,5-8,17-20,27-28,33-38,41-42,61-62H2,1-4H3,(H3-,63,64,65,70,71,72)/p+1/t51-,52-/m0/s1. The largest absolute Gasteiger partial charge is 0.456 e. The van der Waals surface area contributed by atoms with Gasteiger partial charge in [-0.15, -0.1) is 0 Å². The maximum atomic E-state index is 15.1. The first-order valence-corrected chi connectivity index (χ1v) is 26.8. The zero-order valence-electron chi connectivity index (χ0n) is 44.4. The van der Waals surface area contributed by atoms with Gasteiger partial charge in [-0.1, -0.05) is 78.9 Å². The van der Waals surface area contributed by atoms with Crippen LogP contribution in [0.4, 0.5) is 5.69 Å². The van der Waals surface area contributed by atoms with Gasteiger partial charge in [0.1, 0.15) is 36.5 Å². The van der Waals surface area contributed by atoms with Crippen LogP contribution < -0.4 is 42.7 Å². The maximum absolute atomic E-state index is 15.1. The second kappa shape index (κ2) is 28.9. The van der Waals surface area contributed by atoms with Crippen LogP contribution in [0.2, 0.25) is 0 Å². The summed E-state index contributed by atoms with van der Waals surface area (Å²) >= 11 is 0. The molecule has 0 aromatic heterocycles.